The van der Waals surface area contributed by atoms with Crippen molar-refractivity contribution in [2.75, 3.05) is 5.32 Å². The maximum absolute atomic E-state index is 12.1. The van der Waals surface area contributed by atoms with Crippen molar-refractivity contribution in [1.82, 2.24) is 9.97 Å². The van der Waals surface area contributed by atoms with E-state index >= 15 is 0 Å². The number of anilines is 1. The number of hydrogen-bond donors (Lipinski definition) is 3. The van der Waals surface area contributed by atoms with Crippen LogP contribution in [0.1, 0.15) is 31.2 Å². The molecule has 8 heteroatoms. The quantitative estimate of drug-likeness (QED) is 0.784. The molecule has 2 heterocycles. The maximum Gasteiger partial charge on any atom is 0.306 e. The van der Waals surface area contributed by atoms with Gasteiger partial charge in [-0.25, -0.2) is 4.98 Å². The molecule has 2 aromatic rings. The van der Waals surface area contributed by atoms with E-state index in [1.807, 2.05) is 23.6 Å². The molecule has 2 aromatic heterocycles. The molecule has 0 atom stereocenters. The molecule has 0 amide bonds. The van der Waals surface area contributed by atoms with E-state index in [2.05, 4.69) is 15.3 Å². The number of carbonyl (C=O) groups is 1. The number of hydrogen-bond acceptors (Lipinski definition) is 6. The number of nitrogens with zero attached hydrogens (tertiary/aromatic N) is 2. The van der Waals surface area contributed by atoms with Gasteiger partial charge in [-0.3, -0.25) is 14.6 Å². The molecule has 3 rings (SSSR count). The molecule has 1 aliphatic rings. The van der Waals surface area contributed by atoms with Crippen LogP contribution in [0.15, 0.2) is 22.3 Å². The lowest BCUT2D eigenvalue weighted by Crippen LogP contribution is -2.31. The number of aliphatic carboxylic acids is 1. The summed E-state index contributed by atoms with van der Waals surface area (Å²) in [5.41, 5.74) is -0.104. The fourth-order valence-corrected chi connectivity index (χ4v) is 3.64. The van der Waals surface area contributed by atoms with Gasteiger partial charge in [0.05, 0.1) is 10.8 Å². The van der Waals surface area contributed by atoms with E-state index in [0.717, 1.165) is 4.88 Å². The van der Waals surface area contributed by atoms with Crippen molar-refractivity contribution < 1.29 is 9.90 Å². The van der Waals surface area contributed by atoms with Gasteiger partial charge < -0.3 is 10.4 Å². The summed E-state index contributed by atoms with van der Waals surface area (Å²) in [7, 11) is 0. The molecule has 124 valence electrons. The predicted octanol–water partition coefficient (Wildman–Crippen LogP) is 2.43. The van der Waals surface area contributed by atoms with Crippen molar-refractivity contribution in [3.63, 3.8) is 0 Å². The number of carboxylic acid groups (broad SMARTS) is 1. The van der Waals surface area contributed by atoms with Gasteiger partial charge in [0.25, 0.3) is 5.56 Å². The summed E-state index contributed by atoms with van der Waals surface area (Å²) >= 11 is 1.41. The molecule has 0 aromatic carbocycles. The van der Waals surface area contributed by atoms with Gasteiger partial charge in [0.15, 0.2) is 0 Å². The molecule has 24 heavy (non-hydrogen) atoms. The number of nitriles is 1. The summed E-state index contributed by atoms with van der Waals surface area (Å²) in [6, 6.07) is 5.62. The number of H-pyrrole nitrogens is 1. The molecule has 0 saturated heterocycles. The Morgan fingerprint density at radius 1 is 1.42 bits per heavy atom. The lowest BCUT2D eigenvalue weighted by Gasteiger charge is -2.27. The topological polar surface area (TPSA) is 119 Å². The molecule has 0 radical (unpaired) electrons. The van der Waals surface area contributed by atoms with E-state index in [0.29, 0.717) is 37.3 Å². The largest absolute Gasteiger partial charge is 0.481 e. The maximum atomic E-state index is 12.1. The third-order valence-electron chi connectivity index (χ3n) is 4.20. The Balaban J connectivity index is 1.82. The lowest BCUT2D eigenvalue weighted by atomic mass is 9.86. The van der Waals surface area contributed by atoms with E-state index in [9.17, 15) is 14.9 Å². The average molecular weight is 344 g/mol. The predicted molar refractivity (Wildman–Crippen MR) is 89.9 cm³/mol. The minimum atomic E-state index is -0.752. The van der Waals surface area contributed by atoms with Gasteiger partial charge in [-0.1, -0.05) is 6.07 Å². The first-order valence-electron chi connectivity index (χ1n) is 7.66. The van der Waals surface area contributed by atoms with E-state index in [-0.39, 0.29) is 17.5 Å². The van der Waals surface area contributed by atoms with Crippen LogP contribution in [0.4, 0.5) is 5.95 Å². The normalized spacial score (nSPS) is 20.3. The van der Waals surface area contributed by atoms with Crippen molar-refractivity contribution in [3.05, 3.63) is 33.4 Å². The van der Waals surface area contributed by atoms with Gasteiger partial charge in [-0.05, 0) is 37.1 Å². The van der Waals surface area contributed by atoms with Crippen LogP contribution >= 0.6 is 11.3 Å². The standard InChI is InChI=1S/C16H16N4O3S/c17-8-11-13(12-2-1-7-24-12)19-16(20-14(11)21)18-10-5-3-9(4-6-10)15(22)23/h1-2,7,9-10H,3-6H2,(H,22,23)(H2,18,19,20,21)/t9-,10-. The summed E-state index contributed by atoms with van der Waals surface area (Å²) in [6.07, 6.45) is 2.61. The number of rotatable bonds is 4. The molecule has 3 N–H and O–H groups in total. The van der Waals surface area contributed by atoms with Crippen molar-refractivity contribution in [1.29, 1.82) is 5.26 Å². The average Bonchev–Trinajstić information content (AvgIpc) is 3.09. The highest BCUT2D eigenvalue weighted by Crippen LogP contribution is 2.28. The molecular formula is C16H16N4O3S. The van der Waals surface area contributed by atoms with E-state index in [4.69, 9.17) is 5.11 Å². The molecule has 0 spiro atoms. The zero-order chi connectivity index (χ0) is 17.1. The van der Waals surface area contributed by atoms with Crippen molar-refractivity contribution in [2.45, 2.75) is 31.7 Å². The van der Waals surface area contributed by atoms with Gasteiger partial charge in [0.1, 0.15) is 17.3 Å². The molecular weight excluding hydrogens is 328 g/mol. The fourth-order valence-electron chi connectivity index (χ4n) is 2.91. The van der Waals surface area contributed by atoms with Gasteiger partial charge in [0.2, 0.25) is 5.95 Å². The highest BCUT2D eigenvalue weighted by atomic mass is 32.1. The first kappa shape index (κ1) is 16.2. The van der Waals surface area contributed by atoms with Crippen molar-refractivity contribution >= 4 is 23.3 Å². The van der Waals surface area contributed by atoms with Gasteiger partial charge >= 0.3 is 5.97 Å². The summed E-state index contributed by atoms with van der Waals surface area (Å²) in [5, 5.41) is 23.3. The van der Waals surface area contributed by atoms with E-state index in [1.54, 1.807) is 0 Å². The Bertz CT molecular complexity index is 830. The molecule has 0 bridgehead atoms. The van der Waals surface area contributed by atoms with E-state index < -0.39 is 11.5 Å². The van der Waals surface area contributed by atoms with Gasteiger partial charge in [-0.2, -0.15) is 5.26 Å². The number of nitrogens with one attached hydrogen (secondary N) is 2. The zero-order valence-electron chi connectivity index (χ0n) is 12.8. The number of aromatic amines is 1. The minimum Gasteiger partial charge on any atom is -0.481 e. The SMILES string of the molecule is N#Cc1c(-c2cccs2)nc(N[C@H]2CC[C@H](C(=O)O)CC2)[nH]c1=O. The molecule has 7 nitrogen and oxygen atoms in total. The summed E-state index contributed by atoms with van der Waals surface area (Å²) in [5.74, 6) is -0.725. The van der Waals surface area contributed by atoms with Crippen LogP contribution < -0.4 is 10.9 Å². The van der Waals surface area contributed by atoms with Crippen LogP contribution in [0.5, 0.6) is 0 Å². The number of carboxylic acids is 1. The molecule has 0 aliphatic heterocycles. The highest BCUT2D eigenvalue weighted by Gasteiger charge is 2.26. The smallest absolute Gasteiger partial charge is 0.306 e. The minimum absolute atomic E-state index is 0.00224. The molecule has 1 saturated carbocycles. The summed E-state index contributed by atoms with van der Waals surface area (Å²) in [4.78, 5) is 30.9. The first-order valence-corrected chi connectivity index (χ1v) is 8.54. The van der Waals surface area contributed by atoms with Crippen LogP contribution in [0.25, 0.3) is 10.6 Å². The zero-order valence-corrected chi connectivity index (χ0v) is 13.6. The summed E-state index contributed by atoms with van der Waals surface area (Å²) < 4.78 is 0. The monoisotopic (exact) mass is 344 g/mol. The first-order chi connectivity index (χ1) is 11.6. The second-order valence-electron chi connectivity index (χ2n) is 5.76. The van der Waals surface area contributed by atoms with Crippen LogP contribution in [0.2, 0.25) is 0 Å². The summed E-state index contributed by atoms with van der Waals surface area (Å²) in [6.45, 7) is 0. The second-order valence-corrected chi connectivity index (χ2v) is 6.71. The second kappa shape index (κ2) is 6.84. The van der Waals surface area contributed by atoms with Gasteiger partial charge in [-0.15, -0.1) is 11.3 Å². The van der Waals surface area contributed by atoms with Crippen molar-refractivity contribution in [2.24, 2.45) is 5.92 Å². The molecule has 1 aliphatic carbocycles. The Morgan fingerprint density at radius 2 is 2.17 bits per heavy atom. The Labute approximate surface area is 142 Å². The number of thiophene rings is 1. The lowest BCUT2D eigenvalue weighted by molar-refractivity contribution is -0.142. The van der Waals surface area contributed by atoms with Crippen LogP contribution in [0, 0.1) is 17.2 Å². The van der Waals surface area contributed by atoms with Crippen LogP contribution in [-0.2, 0) is 4.79 Å². The molecule has 0 unspecified atom stereocenters. The van der Waals surface area contributed by atoms with Gasteiger partial charge in [0, 0.05) is 6.04 Å². The fraction of sp³-hybridized carbons (Fsp3) is 0.375. The highest BCUT2D eigenvalue weighted by molar-refractivity contribution is 7.13. The third-order valence-corrected chi connectivity index (χ3v) is 5.08. The Hall–Kier alpha value is -2.66. The van der Waals surface area contributed by atoms with Crippen molar-refractivity contribution in [3.8, 4) is 16.6 Å². The van der Waals surface area contributed by atoms with Crippen LogP contribution in [0.3, 0.4) is 0 Å². The van der Waals surface area contributed by atoms with Crippen LogP contribution in [-0.4, -0.2) is 27.1 Å². The molecule has 1 fully saturated rings. The third kappa shape index (κ3) is 3.31. The Morgan fingerprint density at radius 3 is 2.75 bits per heavy atom. The van der Waals surface area contributed by atoms with E-state index in [1.165, 1.54) is 11.3 Å². The number of aromatic nitrogens is 2. The Kier molecular flexibility index (Phi) is 4.62.